The lowest BCUT2D eigenvalue weighted by Crippen LogP contribution is -2.34. The second kappa shape index (κ2) is 5.43. The van der Waals surface area contributed by atoms with Crippen LogP contribution in [-0.4, -0.2) is 34.9 Å². The smallest absolute Gasteiger partial charge is 0.159 e. The molecule has 0 aliphatic rings. The van der Waals surface area contributed by atoms with Crippen LogP contribution in [0.4, 0.5) is 5.82 Å². The van der Waals surface area contributed by atoms with Gasteiger partial charge in [-0.25, -0.2) is 20.0 Å². The first-order valence-corrected chi connectivity index (χ1v) is 4.62. The third-order valence-electron chi connectivity index (χ3n) is 1.39. The van der Waals surface area contributed by atoms with Crippen LogP contribution in [0.3, 0.4) is 0 Å². The number of hydrogen-bond donors (Lipinski definition) is 1. The molecule has 0 bridgehead atoms. The Morgan fingerprint density at radius 1 is 1.60 bits per heavy atom. The van der Waals surface area contributed by atoms with E-state index in [4.69, 9.17) is 11.6 Å². The fourth-order valence-corrected chi connectivity index (χ4v) is 0.995. The van der Waals surface area contributed by atoms with Gasteiger partial charge in [0.15, 0.2) is 5.82 Å². The van der Waals surface area contributed by atoms with Gasteiger partial charge in [-0.1, -0.05) is 18.2 Å². The molecule has 0 spiro atoms. The first-order chi connectivity index (χ1) is 7.11. The van der Waals surface area contributed by atoms with Crippen LogP contribution in [0.25, 0.3) is 0 Å². The maximum absolute atomic E-state index is 5.70. The molecule has 5 nitrogen and oxygen atoms in total. The maximum Gasteiger partial charge on any atom is 0.159 e. The lowest BCUT2D eigenvalue weighted by molar-refractivity contribution is 0.363. The molecule has 0 aliphatic carbocycles. The lowest BCUT2D eigenvalue weighted by atomic mass is 10.5. The Morgan fingerprint density at radius 3 is 2.87 bits per heavy atom. The summed E-state index contributed by atoms with van der Waals surface area (Å²) in [5.41, 5.74) is 2.96. The minimum Gasteiger partial charge on any atom is -0.304 e. The molecule has 0 atom stereocenters. The maximum atomic E-state index is 5.70. The van der Waals surface area contributed by atoms with Gasteiger partial charge in [0.25, 0.3) is 0 Å². The minimum atomic E-state index is 0.358. The Kier molecular flexibility index (Phi) is 4.20. The molecule has 15 heavy (non-hydrogen) atoms. The van der Waals surface area contributed by atoms with Crippen molar-refractivity contribution in [2.45, 2.75) is 0 Å². The molecule has 0 aromatic carbocycles. The van der Waals surface area contributed by atoms with Crippen molar-refractivity contribution in [3.8, 4) is 0 Å². The third kappa shape index (κ3) is 4.05. The van der Waals surface area contributed by atoms with Gasteiger partial charge in [0, 0.05) is 20.2 Å². The number of amidine groups is 1. The van der Waals surface area contributed by atoms with Gasteiger partial charge in [0.2, 0.25) is 0 Å². The van der Waals surface area contributed by atoms with E-state index in [1.165, 1.54) is 6.33 Å². The zero-order chi connectivity index (χ0) is 11.3. The van der Waals surface area contributed by atoms with Gasteiger partial charge in [-0.15, -0.1) is 0 Å². The molecule has 1 N–H and O–H groups in total. The zero-order valence-corrected chi connectivity index (χ0v) is 9.36. The van der Waals surface area contributed by atoms with Crippen LogP contribution in [0.5, 0.6) is 0 Å². The summed E-state index contributed by atoms with van der Waals surface area (Å²) in [6, 6.07) is 1.57. The summed E-state index contributed by atoms with van der Waals surface area (Å²) < 4.78 is 0. The topological polar surface area (TPSA) is 53.4 Å². The van der Waals surface area contributed by atoms with Crippen molar-refractivity contribution >= 4 is 23.3 Å². The summed E-state index contributed by atoms with van der Waals surface area (Å²) in [5.74, 6) is 1.08. The normalized spacial score (nSPS) is 11.6. The average molecular weight is 226 g/mol. The molecule has 0 fully saturated rings. The molecule has 0 unspecified atom stereocenters. The number of aliphatic imine (C=N–C) groups is 1. The van der Waals surface area contributed by atoms with Crippen molar-refractivity contribution in [3.63, 3.8) is 0 Å². The highest BCUT2D eigenvalue weighted by Crippen LogP contribution is 2.11. The van der Waals surface area contributed by atoms with E-state index >= 15 is 0 Å². The summed E-state index contributed by atoms with van der Waals surface area (Å²) in [4.78, 5) is 11.9. The van der Waals surface area contributed by atoms with Crippen molar-refractivity contribution in [1.82, 2.24) is 20.4 Å². The van der Waals surface area contributed by atoms with E-state index in [2.05, 4.69) is 27.0 Å². The number of nitrogens with zero attached hydrogens (tertiary/aromatic N) is 4. The van der Waals surface area contributed by atoms with E-state index in [0.717, 1.165) is 0 Å². The average Bonchev–Trinajstić information content (AvgIpc) is 2.16. The molecule has 1 heterocycles. The Hall–Kier alpha value is -1.46. The van der Waals surface area contributed by atoms with Crippen molar-refractivity contribution < 1.29 is 0 Å². The number of halogens is 1. The summed E-state index contributed by atoms with van der Waals surface area (Å²) >= 11 is 5.70. The summed E-state index contributed by atoms with van der Waals surface area (Å²) in [7, 11) is 3.71. The van der Waals surface area contributed by atoms with Crippen molar-refractivity contribution in [2.24, 2.45) is 4.99 Å². The number of rotatable bonds is 3. The molecule has 6 heteroatoms. The Balaban J connectivity index is 2.88. The highest BCUT2D eigenvalue weighted by Gasteiger charge is 1.97. The second-order valence-electron chi connectivity index (χ2n) is 2.91. The zero-order valence-electron chi connectivity index (χ0n) is 8.61. The van der Waals surface area contributed by atoms with Crippen LogP contribution in [0.1, 0.15) is 0 Å². The van der Waals surface area contributed by atoms with Gasteiger partial charge >= 0.3 is 0 Å². The van der Waals surface area contributed by atoms with Gasteiger partial charge in [-0.3, -0.25) is 0 Å². The van der Waals surface area contributed by atoms with Gasteiger partial charge in [-0.05, 0) is 6.08 Å². The molecule has 0 saturated heterocycles. The third-order valence-corrected chi connectivity index (χ3v) is 1.59. The van der Waals surface area contributed by atoms with E-state index in [9.17, 15) is 0 Å². The number of hydrogen-bond acceptors (Lipinski definition) is 4. The van der Waals surface area contributed by atoms with Gasteiger partial charge < -0.3 is 5.43 Å². The van der Waals surface area contributed by atoms with E-state index in [-0.39, 0.29) is 0 Å². The van der Waals surface area contributed by atoms with Gasteiger partial charge in [0.05, 0.1) is 0 Å². The quantitative estimate of drug-likeness (QED) is 0.366. The standard InChI is InChI=1S/C9H12ClN5/c1-4-8(14-15(2)3)13-9-5-7(10)11-6-12-9/h4-6H,1H2,2-3H3,(H,11,12,13,14). The molecule has 1 aromatic rings. The van der Waals surface area contributed by atoms with Crippen LogP contribution in [0.2, 0.25) is 5.15 Å². The molecule has 1 aromatic heterocycles. The predicted molar refractivity (Wildman–Crippen MR) is 61.2 cm³/mol. The minimum absolute atomic E-state index is 0.358. The molecule has 0 radical (unpaired) electrons. The van der Waals surface area contributed by atoms with Gasteiger partial charge in [-0.2, -0.15) is 0 Å². The second-order valence-corrected chi connectivity index (χ2v) is 3.29. The SMILES string of the molecule is C=C/C(=N/c1cc(Cl)ncn1)NN(C)C. The van der Waals surface area contributed by atoms with Crippen molar-refractivity contribution in [1.29, 1.82) is 0 Å². The Labute approximate surface area is 93.5 Å². The molecule has 80 valence electrons. The van der Waals surface area contributed by atoms with E-state index in [0.29, 0.717) is 16.8 Å². The molecule has 0 aliphatic heterocycles. The monoisotopic (exact) mass is 225 g/mol. The summed E-state index contributed by atoms with van der Waals surface area (Å²) in [6.07, 6.45) is 2.95. The molecular weight excluding hydrogens is 214 g/mol. The lowest BCUT2D eigenvalue weighted by Gasteiger charge is -2.12. The van der Waals surface area contributed by atoms with Crippen molar-refractivity contribution in [2.75, 3.05) is 14.1 Å². The predicted octanol–water partition coefficient (Wildman–Crippen LogP) is 1.41. The van der Waals surface area contributed by atoms with Gasteiger partial charge in [0.1, 0.15) is 17.3 Å². The first-order valence-electron chi connectivity index (χ1n) is 4.24. The Morgan fingerprint density at radius 2 is 2.33 bits per heavy atom. The summed E-state index contributed by atoms with van der Waals surface area (Å²) in [6.45, 7) is 3.64. The molecule has 0 saturated carbocycles. The fraction of sp³-hybridized carbons (Fsp3) is 0.222. The highest BCUT2D eigenvalue weighted by atomic mass is 35.5. The fourth-order valence-electron chi connectivity index (χ4n) is 0.854. The highest BCUT2D eigenvalue weighted by molar-refractivity contribution is 6.29. The van der Waals surface area contributed by atoms with E-state index < -0.39 is 0 Å². The first kappa shape index (κ1) is 11.6. The van der Waals surface area contributed by atoms with Crippen LogP contribution < -0.4 is 5.43 Å². The molecular formula is C9H12ClN5. The van der Waals surface area contributed by atoms with Crippen LogP contribution in [0.15, 0.2) is 30.0 Å². The van der Waals surface area contributed by atoms with Crippen molar-refractivity contribution in [3.05, 3.63) is 30.2 Å². The molecule has 1 rings (SSSR count). The van der Waals surface area contributed by atoms with Crippen LogP contribution in [0, 0.1) is 0 Å². The number of nitrogens with one attached hydrogen (secondary N) is 1. The number of hydrazine groups is 1. The summed E-state index contributed by atoms with van der Waals surface area (Å²) in [5, 5.41) is 2.11. The van der Waals surface area contributed by atoms with E-state index in [1.807, 2.05) is 14.1 Å². The van der Waals surface area contributed by atoms with Crippen LogP contribution >= 0.6 is 11.6 Å². The largest absolute Gasteiger partial charge is 0.304 e. The van der Waals surface area contributed by atoms with Crippen LogP contribution in [-0.2, 0) is 0 Å². The molecule has 0 amide bonds. The number of aromatic nitrogens is 2. The Bertz CT molecular complexity index is 375. The van der Waals surface area contributed by atoms with E-state index in [1.54, 1.807) is 17.2 Å².